The first-order valence-electron chi connectivity index (χ1n) is 7.53. The lowest BCUT2D eigenvalue weighted by Gasteiger charge is -2.23. The Balaban J connectivity index is 2.01. The Hall–Kier alpha value is -1.30. The Kier molecular flexibility index (Phi) is 6.29. The van der Waals surface area contributed by atoms with Crippen molar-refractivity contribution in [3.05, 3.63) is 23.8 Å². The van der Waals surface area contributed by atoms with Crippen LogP contribution in [0.25, 0.3) is 0 Å². The van der Waals surface area contributed by atoms with E-state index in [1.165, 1.54) is 0 Å². The van der Waals surface area contributed by atoms with Crippen molar-refractivity contribution in [2.24, 2.45) is 0 Å². The summed E-state index contributed by atoms with van der Waals surface area (Å²) in [5.41, 5.74) is 0.857. The fourth-order valence-electron chi connectivity index (χ4n) is 2.34. The summed E-state index contributed by atoms with van der Waals surface area (Å²) in [6, 6.07) is 5.67. The molecule has 1 unspecified atom stereocenters. The van der Waals surface area contributed by atoms with E-state index in [1.807, 2.05) is 18.2 Å². The zero-order valence-corrected chi connectivity index (χ0v) is 12.9. The fraction of sp³-hybridized carbons (Fsp3) is 0.625. The van der Waals surface area contributed by atoms with Crippen LogP contribution in [0.5, 0.6) is 11.5 Å². The predicted octanol–water partition coefficient (Wildman–Crippen LogP) is 1.85. The second kappa shape index (κ2) is 8.22. The fourth-order valence-corrected chi connectivity index (χ4v) is 2.34. The molecule has 0 saturated heterocycles. The summed E-state index contributed by atoms with van der Waals surface area (Å²) in [5.74, 6) is 1.49. The van der Waals surface area contributed by atoms with Crippen LogP contribution >= 0.6 is 0 Å². The van der Waals surface area contributed by atoms with Gasteiger partial charge >= 0.3 is 0 Å². The van der Waals surface area contributed by atoms with Crippen molar-refractivity contribution in [2.45, 2.75) is 19.4 Å². The number of benzene rings is 1. The summed E-state index contributed by atoms with van der Waals surface area (Å²) in [4.78, 5) is 2.16. The minimum absolute atomic E-state index is 0.543. The van der Waals surface area contributed by atoms with Gasteiger partial charge in [0.1, 0.15) is 0 Å². The third-order valence-electron chi connectivity index (χ3n) is 3.65. The van der Waals surface area contributed by atoms with Crippen LogP contribution in [-0.4, -0.2) is 56.6 Å². The first-order valence-corrected chi connectivity index (χ1v) is 7.53. The van der Waals surface area contributed by atoms with E-state index in [2.05, 4.69) is 11.8 Å². The van der Waals surface area contributed by atoms with Gasteiger partial charge in [-0.3, -0.25) is 4.90 Å². The lowest BCUT2D eigenvalue weighted by atomic mass is 10.1. The van der Waals surface area contributed by atoms with Gasteiger partial charge in [0, 0.05) is 26.6 Å². The average Bonchev–Trinajstić information content (AvgIpc) is 2.75. The van der Waals surface area contributed by atoms with E-state index in [0.717, 1.165) is 36.6 Å². The molecule has 0 aliphatic carbocycles. The predicted molar refractivity (Wildman–Crippen MR) is 81.0 cm³/mol. The highest BCUT2D eigenvalue weighted by Gasteiger charge is 2.16. The molecule has 1 aliphatic rings. The highest BCUT2D eigenvalue weighted by atomic mass is 16.5. The van der Waals surface area contributed by atoms with Crippen molar-refractivity contribution in [2.75, 3.05) is 46.6 Å². The Morgan fingerprint density at radius 3 is 2.76 bits per heavy atom. The molecule has 5 heteroatoms. The van der Waals surface area contributed by atoms with Crippen LogP contribution < -0.4 is 9.47 Å². The molecule has 1 aliphatic heterocycles. The standard InChI is InChI=1S/C16H25NO4/c1-3-17(7-10-19-2)12-14(18)13-5-6-15-16(11-13)21-9-4-8-20-15/h5-6,11,14,18H,3-4,7-10,12H2,1-2H3. The van der Waals surface area contributed by atoms with Crippen LogP contribution in [0.4, 0.5) is 0 Å². The zero-order chi connectivity index (χ0) is 15.1. The van der Waals surface area contributed by atoms with Crippen molar-refractivity contribution in [3.63, 3.8) is 0 Å². The Morgan fingerprint density at radius 2 is 2.05 bits per heavy atom. The summed E-state index contributed by atoms with van der Waals surface area (Å²) in [6.07, 6.45) is 0.340. The molecular weight excluding hydrogens is 270 g/mol. The van der Waals surface area contributed by atoms with Gasteiger partial charge in [-0.05, 0) is 24.2 Å². The van der Waals surface area contributed by atoms with E-state index < -0.39 is 6.10 Å². The smallest absolute Gasteiger partial charge is 0.161 e. The van der Waals surface area contributed by atoms with Gasteiger partial charge in [0.2, 0.25) is 0 Å². The Labute approximate surface area is 126 Å². The lowest BCUT2D eigenvalue weighted by Crippen LogP contribution is -2.31. The molecule has 0 bridgehead atoms. The molecule has 0 radical (unpaired) electrons. The van der Waals surface area contributed by atoms with Crippen LogP contribution in [-0.2, 0) is 4.74 Å². The number of nitrogens with zero attached hydrogens (tertiary/aromatic N) is 1. The van der Waals surface area contributed by atoms with Crippen molar-refractivity contribution >= 4 is 0 Å². The van der Waals surface area contributed by atoms with Crippen LogP contribution in [0.2, 0.25) is 0 Å². The van der Waals surface area contributed by atoms with Crippen LogP contribution in [0, 0.1) is 0 Å². The van der Waals surface area contributed by atoms with Gasteiger partial charge in [-0.15, -0.1) is 0 Å². The molecule has 2 rings (SSSR count). The second-order valence-corrected chi connectivity index (χ2v) is 5.16. The maximum absolute atomic E-state index is 10.4. The first kappa shape index (κ1) is 16.1. The molecule has 0 amide bonds. The largest absolute Gasteiger partial charge is 0.490 e. The highest BCUT2D eigenvalue weighted by Crippen LogP contribution is 2.32. The normalized spacial score (nSPS) is 15.8. The SMILES string of the molecule is CCN(CCOC)CC(O)c1ccc2c(c1)OCCCO2. The number of methoxy groups -OCH3 is 1. The van der Waals surface area contributed by atoms with Crippen LogP contribution in [0.1, 0.15) is 25.0 Å². The number of aliphatic hydroxyl groups excluding tert-OH is 1. The Morgan fingerprint density at radius 1 is 1.29 bits per heavy atom. The van der Waals surface area contributed by atoms with E-state index in [4.69, 9.17) is 14.2 Å². The van der Waals surface area contributed by atoms with Gasteiger partial charge in [0.15, 0.2) is 11.5 Å². The van der Waals surface area contributed by atoms with Crippen LogP contribution in [0.3, 0.4) is 0 Å². The van der Waals surface area contributed by atoms with E-state index in [1.54, 1.807) is 7.11 Å². The van der Waals surface area contributed by atoms with E-state index >= 15 is 0 Å². The van der Waals surface area contributed by atoms with E-state index in [0.29, 0.717) is 26.4 Å². The van der Waals surface area contributed by atoms with Gasteiger partial charge in [0.25, 0.3) is 0 Å². The molecule has 1 heterocycles. The van der Waals surface area contributed by atoms with Gasteiger partial charge in [-0.1, -0.05) is 13.0 Å². The molecule has 0 saturated carbocycles. The van der Waals surface area contributed by atoms with Gasteiger partial charge in [-0.2, -0.15) is 0 Å². The molecule has 118 valence electrons. The molecular formula is C16H25NO4. The zero-order valence-electron chi connectivity index (χ0n) is 12.9. The molecule has 1 atom stereocenters. The summed E-state index contributed by atoms with van der Waals surface area (Å²) in [7, 11) is 1.69. The number of fused-ring (bicyclic) bond motifs is 1. The maximum Gasteiger partial charge on any atom is 0.161 e. The third kappa shape index (κ3) is 4.59. The summed E-state index contributed by atoms with van der Waals surface area (Å²) < 4.78 is 16.4. The number of rotatable bonds is 7. The molecule has 1 aromatic rings. The molecule has 1 aromatic carbocycles. The van der Waals surface area contributed by atoms with Gasteiger partial charge in [0.05, 0.1) is 25.9 Å². The van der Waals surface area contributed by atoms with Crippen molar-refractivity contribution < 1.29 is 19.3 Å². The Bertz CT molecular complexity index is 438. The van der Waals surface area contributed by atoms with E-state index in [-0.39, 0.29) is 0 Å². The monoisotopic (exact) mass is 295 g/mol. The number of aliphatic hydroxyl groups is 1. The molecule has 21 heavy (non-hydrogen) atoms. The quantitative estimate of drug-likeness (QED) is 0.832. The van der Waals surface area contributed by atoms with Crippen LogP contribution in [0.15, 0.2) is 18.2 Å². The first-order chi connectivity index (χ1) is 10.2. The lowest BCUT2D eigenvalue weighted by molar-refractivity contribution is 0.0919. The molecule has 0 fully saturated rings. The molecule has 5 nitrogen and oxygen atoms in total. The minimum Gasteiger partial charge on any atom is -0.490 e. The maximum atomic E-state index is 10.4. The topological polar surface area (TPSA) is 51.2 Å². The van der Waals surface area contributed by atoms with Crippen molar-refractivity contribution in [3.8, 4) is 11.5 Å². The minimum atomic E-state index is -0.543. The number of hydrogen-bond acceptors (Lipinski definition) is 5. The second-order valence-electron chi connectivity index (χ2n) is 5.16. The summed E-state index contributed by atoms with van der Waals surface area (Å²) >= 11 is 0. The molecule has 1 N–H and O–H groups in total. The van der Waals surface area contributed by atoms with E-state index in [9.17, 15) is 5.11 Å². The summed E-state index contributed by atoms with van der Waals surface area (Å²) in [5, 5.41) is 10.4. The number of ether oxygens (including phenoxy) is 3. The number of hydrogen-bond donors (Lipinski definition) is 1. The van der Waals surface area contributed by atoms with Gasteiger partial charge in [-0.25, -0.2) is 0 Å². The average molecular weight is 295 g/mol. The van der Waals surface area contributed by atoms with Crippen molar-refractivity contribution in [1.29, 1.82) is 0 Å². The molecule has 0 spiro atoms. The highest BCUT2D eigenvalue weighted by molar-refractivity contribution is 5.44. The third-order valence-corrected chi connectivity index (χ3v) is 3.65. The number of likely N-dealkylation sites (N-methyl/N-ethyl adjacent to an activating group) is 1. The van der Waals surface area contributed by atoms with Crippen molar-refractivity contribution in [1.82, 2.24) is 4.90 Å². The van der Waals surface area contributed by atoms with Gasteiger partial charge < -0.3 is 19.3 Å². The summed E-state index contributed by atoms with van der Waals surface area (Å²) in [6.45, 7) is 6.36. The molecule has 0 aromatic heterocycles.